The summed E-state index contributed by atoms with van der Waals surface area (Å²) >= 11 is 0. The summed E-state index contributed by atoms with van der Waals surface area (Å²) in [6, 6.07) is 4.98. The molecule has 5 heteroatoms. The van der Waals surface area contributed by atoms with Gasteiger partial charge >= 0.3 is 0 Å². The Labute approximate surface area is 119 Å². The van der Waals surface area contributed by atoms with Crippen LogP contribution in [0, 0.1) is 23.0 Å². The number of hydrogen-bond donors (Lipinski definition) is 2. The van der Waals surface area contributed by atoms with Crippen molar-refractivity contribution < 1.29 is 10.0 Å². The Kier molecular flexibility index (Phi) is 4.28. The lowest BCUT2D eigenvalue weighted by atomic mass is 9.79. The molecular formula is C15H22N2O3. The lowest BCUT2D eigenvalue weighted by Crippen LogP contribution is -2.40. The number of aliphatic hydroxyl groups is 1. The summed E-state index contributed by atoms with van der Waals surface area (Å²) in [5.41, 5.74) is 0.764. The second kappa shape index (κ2) is 5.79. The molecule has 1 aliphatic carbocycles. The summed E-state index contributed by atoms with van der Waals surface area (Å²) in [6.07, 6.45) is 3.64. The SMILES string of the molecule is Cc1c(NCC2(O)CCC(C)CC2)cccc1[N+](=O)[O-]. The molecule has 1 aromatic carbocycles. The number of nitrogens with zero attached hydrogens (tertiary/aromatic N) is 1. The van der Waals surface area contributed by atoms with Gasteiger partial charge in [-0.2, -0.15) is 0 Å². The minimum atomic E-state index is -0.691. The number of nitro benzene ring substituents is 1. The maximum Gasteiger partial charge on any atom is 0.274 e. The summed E-state index contributed by atoms with van der Waals surface area (Å²) in [5.74, 6) is 0.676. The maximum atomic E-state index is 10.9. The summed E-state index contributed by atoms with van der Waals surface area (Å²) in [4.78, 5) is 10.5. The van der Waals surface area contributed by atoms with Crippen LogP contribution in [0.1, 0.15) is 38.2 Å². The fourth-order valence-electron chi connectivity index (χ4n) is 2.75. The fourth-order valence-corrected chi connectivity index (χ4v) is 2.75. The third-order valence-corrected chi connectivity index (χ3v) is 4.31. The first-order valence-corrected chi connectivity index (χ1v) is 7.11. The molecule has 20 heavy (non-hydrogen) atoms. The van der Waals surface area contributed by atoms with Gasteiger partial charge in [-0.25, -0.2) is 0 Å². The number of anilines is 1. The zero-order chi connectivity index (χ0) is 14.8. The van der Waals surface area contributed by atoms with E-state index in [1.165, 1.54) is 6.07 Å². The van der Waals surface area contributed by atoms with Crippen LogP contribution in [0.4, 0.5) is 11.4 Å². The lowest BCUT2D eigenvalue weighted by molar-refractivity contribution is -0.385. The van der Waals surface area contributed by atoms with Crippen LogP contribution in [0.3, 0.4) is 0 Å². The van der Waals surface area contributed by atoms with Gasteiger partial charge in [0, 0.05) is 23.9 Å². The van der Waals surface area contributed by atoms with Crippen LogP contribution in [-0.2, 0) is 0 Å². The van der Waals surface area contributed by atoms with Crippen molar-refractivity contribution in [2.24, 2.45) is 5.92 Å². The molecule has 0 radical (unpaired) electrons. The van der Waals surface area contributed by atoms with Gasteiger partial charge in [0.15, 0.2) is 0 Å². The molecule has 5 nitrogen and oxygen atoms in total. The molecule has 0 unspecified atom stereocenters. The van der Waals surface area contributed by atoms with E-state index >= 15 is 0 Å². The Hall–Kier alpha value is -1.62. The highest BCUT2D eigenvalue weighted by Gasteiger charge is 2.31. The topological polar surface area (TPSA) is 75.4 Å². The first kappa shape index (κ1) is 14.8. The molecule has 0 bridgehead atoms. The molecule has 1 aromatic rings. The smallest absolute Gasteiger partial charge is 0.274 e. The van der Waals surface area contributed by atoms with E-state index in [1.54, 1.807) is 13.0 Å². The zero-order valence-electron chi connectivity index (χ0n) is 12.1. The van der Waals surface area contributed by atoms with Gasteiger partial charge in [-0.05, 0) is 44.6 Å². The Morgan fingerprint density at radius 3 is 2.70 bits per heavy atom. The van der Waals surface area contributed by atoms with Crippen molar-refractivity contribution in [1.29, 1.82) is 0 Å². The summed E-state index contributed by atoms with van der Waals surface area (Å²) < 4.78 is 0. The highest BCUT2D eigenvalue weighted by Crippen LogP contribution is 2.33. The third-order valence-electron chi connectivity index (χ3n) is 4.31. The van der Waals surface area contributed by atoms with Crippen molar-refractivity contribution in [2.45, 2.75) is 45.1 Å². The second-order valence-electron chi connectivity index (χ2n) is 5.97. The van der Waals surface area contributed by atoms with Gasteiger partial charge in [0.1, 0.15) is 0 Å². The Morgan fingerprint density at radius 1 is 1.45 bits per heavy atom. The molecule has 0 amide bonds. The normalized spacial score (nSPS) is 26.2. The van der Waals surface area contributed by atoms with Crippen LogP contribution in [0.25, 0.3) is 0 Å². The number of benzene rings is 1. The third kappa shape index (κ3) is 3.28. The number of nitro groups is 1. The highest BCUT2D eigenvalue weighted by molar-refractivity contribution is 5.59. The van der Waals surface area contributed by atoms with Gasteiger partial charge in [0.05, 0.1) is 10.5 Å². The predicted octanol–water partition coefficient (Wildman–Crippen LogP) is 3.26. The van der Waals surface area contributed by atoms with Gasteiger partial charge in [-0.1, -0.05) is 13.0 Å². The summed E-state index contributed by atoms with van der Waals surface area (Å²) in [6.45, 7) is 4.38. The monoisotopic (exact) mass is 278 g/mol. The van der Waals surface area contributed by atoms with Crippen molar-refractivity contribution in [3.05, 3.63) is 33.9 Å². The van der Waals surface area contributed by atoms with E-state index < -0.39 is 5.60 Å². The average molecular weight is 278 g/mol. The Morgan fingerprint density at radius 2 is 2.10 bits per heavy atom. The Bertz CT molecular complexity index is 494. The molecule has 0 atom stereocenters. The first-order valence-electron chi connectivity index (χ1n) is 7.11. The maximum absolute atomic E-state index is 10.9. The number of hydrogen-bond acceptors (Lipinski definition) is 4. The highest BCUT2D eigenvalue weighted by atomic mass is 16.6. The predicted molar refractivity (Wildman–Crippen MR) is 78.9 cm³/mol. The molecule has 1 fully saturated rings. The molecule has 2 N–H and O–H groups in total. The quantitative estimate of drug-likeness (QED) is 0.654. The van der Waals surface area contributed by atoms with Gasteiger partial charge in [-0.3, -0.25) is 10.1 Å². The number of rotatable bonds is 4. The van der Waals surface area contributed by atoms with Crippen molar-refractivity contribution in [3.63, 3.8) is 0 Å². The van der Waals surface area contributed by atoms with E-state index in [9.17, 15) is 15.2 Å². The van der Waals surface area contributed by atoms with Crippen LogP contribution in [0.2, 0.25) is 0 Å². The van der Waals surface area contributed by atoms with E-state index in [0.29, 0.717) is 18.0 Å². The van der Waals surface area contributed by atoms with E-state index in [-0.39, 0.29) is 10.6 Å². The van der Waals surface area contributed by atoms with E-state index in [2.05, 4.69) is 12.2 Å². The lowest BCUT2D eigenvalue weighted by Gasteiger charge is -2.35. The largest absolute Gasteiger partial charge is 0.388 e. The van der Waals surface area contributed by atoms with Crippen molar-refractivity contribution in [3.8, 4) is 0 Å². The van der Waals surface area contributed by atoms with Gasteiger partial charge in [0.25, 0.3) is 5.69 Å². The molecule has 0 aromatic heterocycles. The second-order valence-corrected chi connectivity index (χ2v) is 5.97. The molecule has 2 rings (SSSR count). The van der Waals surface area contributed by atoms with Gasteiger partial charge in [0.2, 0.25) is 0 Å². The molecule has 0 spiro atoms. The minimum Gasteiger partial charge on any atom is -0.388 e. The van der Waals surface area contributed by atoms with Crippen molar-refractivity contribution in [1.82, 2.24) is 0 Å². The van der Waals surface area contributed by atoms with Crippen molar-refractivity contribution >= 4 is 11.4 Å². The molecule has 0 aliphatic heterocycles. The van der Waals surface area contributed by atoms with Crippen LogP contribution in [0.15, 0.2) is 18.2 Å². The van der Waals surface area contributed by atoms with Crippen LogP contribution < -0.4 is 5.32 Å². The number of nitrogens with one attached hydrogen (secondary N) is 1. The minimum absolute atomic E-state index is 0.110. The van der Waals surface area contributed by atoms with Gasteiger partial charge < -0.3 is 10.4 Å². The fraction of sp³-hybridized carbons (Fsp3) is 0.600. The molecule has 0 heterocycles. The molecule has 1 saturated carbocycles. The summed E-state index contributed by atoms with van der Waals surface area (Å²) in [7, 11) is 0. The zero-order valence-corrected chi connectivity index (χ0v) is 12.1. The Balaban J connectivity index is 2.04. The molecule has 110 valence electrons. The van der Waals surface area contributed by atoms with Gasteiger partial charge in [-0.15, -0.1) is 0 Å². The van der Waals surface area contributed by atoms with Crippen LogP contribution in [-0.4, -0.2) is 22.2 Å². The molecular weight excluding hydrogens is 256 g/mol. The van der Waals surface area contributed by atoms with E-state index in [1.807, 2.05) is 6.07 Å². The van der Waals surface area contributed by atoms with Crippen molar-refractivity contribution in [2.75, 3.05) is 11.9 Å². The van der Waals surface area contributed by atoms with E-state index in [0.717, 1.165) is 31.4 Å². The molecule has 0 saturated heterocycles. The summed E-state index contributed by atoms with van der Waals surface area (Å²) in [5, 5.41) is 24.6. The molecule has 1 aliphatic rings. The standard InChI is InChI=1S/C15H22N2O3/c1-11-6-8-15(18,9-7-11)10-16-13-4-3-5-14(12(13)2)17(19)20/h3-5,11,16,18H,6-10H2,1-2H3. The first-order chi connectivity index (χ1) is 9.41. The average Bonchev–Trinajstić information content (AvgIpc) is 2.41. The van der Waals surface area contributed by atoms with Crippen LogP contribution in [0.5, 0.6) is 0 Å². The van der Waals surface area contributed by atoms with Crippen LogP contribution >= 0.6 is 0 Å². The van der Waals surface area contributed by atoms with E-state index in [4.69, 9.17) is 0 Å².